The maximum absolute atomic E-state index is 4.72. The molecule has 3 nitrogen and oxygen atoms in total. The zero-order valence-electron chi connectivity index (χ0n) is 12.7. The topological polar surface area (TPSA) is 28.2 Å². The molecule has 1 aliphatic carbocycles. The van der Waals surface area contributed by atoms with Crippen molar-refractivity contribution in [2.24, 2.45) is 5.92 Å². The van der Waals surface area contributed by atoms with E-state index >= 15 is 0 Å². The van der Waals surface area contributed by atoms with Crippen LogP contribution in [0.1, 0.15) is 50.7 Å². The van der Waals surface area contributed by atoms with Gasteiger partial charge in [0.25, 0.3) is 0 Å². The van der Waals surface area contributed by atoms with E-state index in [4.69, 9.17) is 4.98 Å². The van der Waals surface area contributed by atoms with Crippen molar-refractivity contribution in [1.82, 2.24) is 15.2 Å². The number of hydrogen-bond acceptors (Lipinski definition) is 4. The molecule has 0 bridgehead atoms. The number of aromatic nitrogens is 1. The molecular weight excluding hydrogens is 254 g/mol. The van der Waals surface area contributed by atoms with Crippen molar-refractivity contribution in [3.63, 3.8) is 0 Å². The summed E-state index contributed by atoms with van der Waals surface area (Å²) in [5.74, 6) is 0.936. The van der Waals surface area contributed by atoms with Crippen LogP contribution < -0.4 is 5.32 Å². The van der Waals surface area contributed by atoms with Crippen molar-refractivity contribution in [3.05, 3.63) is 16.1 Å². The Balaban J connectivity index is 1.76. The molecule has 1 heterocycles. The number of hydrogen-bond donors (Lipinski definition) is 1. The van der Waals surface area contributed by atoms with Gasteiger partial charge in [0, 0.05) is 30.6 Å². The first kappa shape index (κ1) is 14.9. The molecule has 1 aromatic heterocycles. The molecule has 4 heteroatoms. The van der Waals surface area contributed by atoms with Gasteiger partial charge in [-0.15, -0.1) is 11.3 Å². The maximum Gasteiger partial charge on any atom is 0.107 e. The molecule has 0 amide bonds. The van der Waals surface area contributed by atoms with Crippen molar-refractivity contribution < 1.29 is 0 Å². The molecule has 0 saturated heterocycles. The van der Waals surface area contributed by atoms with Crippen LogP contribution >= 0.6 is 11.3 Å². The standard InChI is InChI=1S/C15H27N3S/c1-15(2,3)16-8-14-17-13(11-19-14)10-18(4)9-12-6-5-7-12/h11-12,16H,5-10H2,1-4H3. The summed E-state index contributed by atoms with van der Waals surface area (Å²) >= 11 is 1.77. The summed E-state index contributed by atoms with van der Waals surface area (Å²) in [7, 11) is 2.21. The van der Waals surface area contributed by atoms with Crippen molar-refractivity contribution in [1.29, 1.82) is 0 Å². The Morgan fingerprint density at radius 3 is 2.74 bits per heavy atom. The molecule has 0 aromatic carbocycles. The summed E-state index contributed by atoms with van der Waals surface area (Å²) in [5, 5.41) is 6.89. The predicted molar refractivity (Wildman–Crippen MR) is 82.4 cm³/mol. The van der Waals surface area contributed by atoms with Gasteiger partial charge in [0.1, 0.15) is 5.01 Å². The van der Waals surface area contributed by atoms with E-state index in [0.717, 1.165) is 19.0 Å². The monoisotopic (exact) mass is 281 g/mol. The first-order valence-corrected chi connectivity index (χ1v) is 8.17. The van der Waals surface area contributed by atoms with Crippen molar-refractivity contribution in [2.75, 3.05) is 13.6 Å². The lowest BCUT2D eigenvalue weighted by Gasteiger charge is -2.29. The molecule has 19 heavy (non-hydrogen) atoms. The Labute approximate surface area is 121 Å². The highest BCUT2D eigenvalue weighted by atomic mass is 32.1. The molecule has 0 atom stereocenters. The second-order valence-corrected chi connectivity index (χ2v) is 7.77. The normalized spacial score (nSPS) is 16.9. The third-order valence-corrected chi connectivity index (χ3v) is 4.49. The average Bonchev–Trinajstić information content (AvgIpc) is 2.68. The van der Waals surface area contributed by atoms with Gasteiger partial charge in [0.05, 0.1) is 5.69 Å². The van der Waals surface area contributed by atoms with E-state index in [1.165, 1.54) is 36.5 Å². The van der Waals surface area contributed by atoms with Gasteiger partial charge >= 0.3 is 0 Å². The first-order valence-electron chi connectivity index (χ1n) is 7.29. The molecule has 1 fully saturated rings. The van der Waals surface area contributed by atoms with E-state index in [2.05, 4.69) is 43.4 Å². The van der Waals surface area contributed by atoms with Crippen LogP contribution in [0.5, 0.6) is 0 Å². The van der Waals surface area contributed by atoms with Crippen molar-refractivity contribution >= 4 is 11.3 Å². The highest BCUT2D eigenvalue weighted by molar-refractivity contribution is 7.09. The number of thiazole rings is 1. The summed E-state index contributed by atoms with van der Waals surface area (Å²) in [5.41, 5.74) is 1.38. The third kappa shape index (κ3) is 5.21. The van der Waals surface area contributed by atoms with Gasteiger partial charge < -0.3 is 10.2 Å². The SMILES string of the molecule is CN(Cc1csc(CNC(C)(C)C)n1)CC1CCC1. The molecule has 0 unspecified atom stereocenters. The number of nitrogens with zero attached hydrogens (tertiary/aromatic N) is 2. The summed E-state index contributed by atoms with van der Waals surface area (Å²) in [4.78, 5) is 7.14. The largest absolute Gasteiger partial charge is 0.306 e. The molecular formula is C15H27N3S. The average molecular weight is 281 g/mol. The second kappa shape index (κ2) is 6.33. The Hall–Kier alpha value is -0.450. The van der Waals surface area contributed by atoms with Crippen LogP contribution in [0.2, 0.25) is 0 Å². The smallest absolute Gasteiger partial charge is 0.107 e. The van der Waals surface area contributed by atoms with E-state index in [1.54, 1.807) is 11.3 Å². The molecule has 0 radical (unpaired) electrons. The molecule has 1 saturated carbocycles. The van der Waals surface area contributed by atoms with Gasteiger partial charge in [-0.25, -0.2) is 4.98 Å². The van der Waals surface area contributed by atoms with Crippen LogP contribution in [-0.2, 0) is 13.1 Å². The van der Waals surface area contributed by atoms with Crippen molar-refractivity contribution in [3.8, 4) is 0 Å². The Morgan fingerprint density at radius 2 is 2.16 bits per heavy atom. The highest BCUT2D eigenvalue weighted by Crippen LogP contribution is 2.27. The Bertz CT molecular complexity index is 390. The van der Waals surface area contributed by atoms with E-state index in [0.29, 0.717) is 0 Å². The lowest BCUT2D eigenvalue weighted by molar-refractivity contribution is 0.199. The van der Waals surface area contributed by atoms with Gasteiger partial charge in [0.2, 0.25) is 0 Å². The van der Waals surface area contributed by atoms with Gasteiger partial charge in [-0.05, 0) is 46.6 Å². The van der Waals surface area contributed by atoms with Gasteiger partial charge in [-0.2, -0.15) is 0 Å². The fourth-order valence-electron chi connectivity index (χ4n) is 2.30. The fourth-order valence-corrected chi connectivity index (χ4v) is 3.03. The molecule has 0 aliphatic heterocycles. The second-order valence-electron chi connectivity index (χ2n) is 6.83. The summed E-state index contributed by atoms with van der Waals surface area (Å²) in [6.07, 6.45) is 4.27. The minimum absolute atomic E-state index is 0.160. The minimum atomic E-state index is 0.160. The maximum atomic E-state index is 4.72. The van der Waals surface area contributed by atoms with Crippen LogP contribution in [0, 0.1) is 5.92 Å². The molecule has 1 N–H and O–H groups in total. The third-order valence-electron chi connectivity index (χ3n) is 3.60. The van der Waals surface area contributed by atoms with Crippen LogP contribution in [0.4, 0.5) is 0 Å². The summed E-state index contributed by atoms with van der Waals surface area (Å²) in [6, 6.07) is 0. The predicted octanol–water partition coefficient (Wildman–Crippen LogP) is 3.26. The first-order chi connectivity index (χ1) is 8.92. The molecule has 108 valence electrons. The molecule has 0 spiro atoms. The van der Waals surface area contributed by atoms with Gasteiger partial charge in [-0.1, -0.05) is 6.42 Å². The number of rotatable bonds is 6. The fraction of sp³-hybridized carbons (Fsp3) is 0.800. The quantitative estimate of drug-likeness (QED) is 0.867. The summed E-state index contributed by atoms with van der Waals surface area (Å²) in [6.45, 7) is 9.66. The zero-order valence-corrected chi connectivity index (χ0v) is 13.5. The lowest BCUT2D eigenvalue weighted by atomic mass is 9.85. The highest BCUT2D eigenvalue weighted by Gasteiger charge is 2.19. The van der Waals surface area contributed by atoms with Gasteiger partial charge in [-0.3, -0.25) is 0 Å². The zero-order chi connectivity index (χ0) is 13.9. The minimum Gasteiger partial charge on any atom is -0.306 e. The van der Waals surface area contributed by atoms with Gasteiger partial charge in [0.15, 0.2) is 0 Å². The Morgan fingerprint density at radius 1 is 1.42 bits per heavy atom. The van der Waals surface area contributed by atoms with E-state index in [-0.39, 0.29) is 5.54 Å². The van der Waals surface area contributed by atoms with Crippen LogP contribution in [-0.4, -0.2) is 29.0 Å². The van der Waals surface area contributed by atoms with Crippen LogP contribution in [0.3, 0.4) is 0 Å². The van der Waals surface area contributed by atoms with Crippen LogP contribution in [0.15, 0.2) is 5.38 Å². The van der Waals surface area contributed by atoms with Crippen molar-refractivity contribution in [2.45, 2.75) is 58.7 Å². The molecule has 2 rings (SSSR count). The molecule has 1 aromatic rings. The number of nitrogens with one attached hydrogen (secondary N) is 1. The Kier molecular flexibility index (Phi) is 4.98. The molecule has 1 aliphatic rings. The van der Waals surface area contributed by atoms with Crippen LogP contribution in [0.25, 0.3) is 0 Å². The van der Waals surface area contributed by atoms with E-state index in [1.807, 2.05) is 0 Å². The summed E-state index contributed by atoms with van der Waals surface area (Å²) < 4.78 is 0. The lowest BCUT2D eigenvalue weighted by Crippen LogP contribution is -2.35. The van der Waals surface area contributed by atoms with E-state index in [9.17, 15) is 0 Å². The van der Waals surface area contributed by atoms with E-state index < -0.39 is 0 Å².